The molecule has 28 heavy (non-hydrogen) atoms. The van der Waals surface area contributed by atoms with Crippen LogP contribution in [0, 0.1) is 0 Å². The van der Waals surface area contributed by atoms with Crippen LogP contribution < -0.4 is 20.3 Å². The maximum atomic E-state index is 12.6. The molecule has 0 bridgehead atoms. The van der Waals surface area contributed by atoms with Crippen LogP contribution in [0.3, 0.4) is 0 Å². The second-order valence-electron chi connectivity index (χ2n) is 6.19. The van der Waals surface area contributed by atoms with E-state index in [4.69, 9.17) is 4.74 Å². The Morgan fingerprint density at radius 1 is 1.14 bits per heavy atom. The van der Waals surface area contributed by atoms with Gasteiger partial charge >= 0.3 is 6.18 Å². The number of hydrogen-bond donors (Lipinski definition) is 2. The zero-order valence-corrected chi connectivity index (χ0v) is 14.9. The highest BCUT2D eigenvalue weighted by Gasteiger charge is 2.31. The fourth-order valence-corrected chi connectivity index (χ4v) is 2.87. The lowest BCUT2D eigenvalue weighted by Crippen LogP contribution is -2.50. The number of benzene rings is 2. The van der Waals surface area contributed by atoms with Crippen molar-refractivity contribution in [2.75, 3.05) is 30.4 Å². The number of nitrogens with zero attached hydrogens (tertiary/aromatic N) is 1. The maximum Gasteiger partial charge on any atom is 0.416 e. The molecule has 1 aliphatic heterocycles. The summed E-state index contributed by atoms with van der Waals surface area (Å²) < 4.78 is 43.5. The third kappa shape index (κ3) is 4.36. The van der Waals surface area contributed by atoms with Crippen LogP contribution in [0.2, 0.25) is 0 Å². The van der Waals surface area contributed by atoms with E-state index in [1.807, 2.05) is 0 Å². The SMILES string of the molecule is CNC(=O)[C@@H]1CN(CC(=O)Nc2ccc(C(F)(F)F)cc2)c2ccccc2O1. The summed E-state index contributed by atoms with van der Waals surface area (Å²) in [6.45, 7) is 0.0754. The van der Waals surface area contributed by atoms with Crippen molar-refractivity contribution in [3.63, 3.8) is 0 Å². The molecule has 9 heteroatoms. The Kier molecular flexibility index (Phi) is 5.43. The number of ether oxygens (including phenoxy) is 1. The highest BCUT2D eigenvalue weighted by Crippen LogP contribution is 2.33. The molecule has 148 valence electrons. The number of nitrogens with one attached hydrogen (secondary N) is 2. The van der Waals surface area contributed by atoms with Gasteiger partial charge < -0.3 is 20.3 Å². The number of likely N-dealkylation sites (N-methyl/N-ethyl adjacent to an activating group) is 1. The molecule has 2 amide bonds. The number of rotatable bonds is 4. The topological polar surface area (TPSA) is 70.7 Å². The second kappa shape index (κ2) is 7.79. The number of carbonyl (C=O) groups is 2. The van der Waals surface area contributed by atoms with Crippen molar-refractivity contribution >= 4 is 23.2 Å². The summed E-state index contributed by atoms with van der Waals surface area (Å²) in [5, 5.41) is 5.08. The first-order valence-electron chi connectivity index (χ1n) is 8.47. The number of amides is 2. The van der Waals surface area contributed by atoms with E-state index in [9.17, 15) is 22.8 Å². The Bertz CT molecular complexity index is 869. The zero-order valence-electron chi connectivity index (χ0n) is 14.9. The minimum Gasteiger partial charge on any atom is -0.477 e. The lowest BCUT2D eigenvalue weighted by molar-refractivity contribution is -0.137. The summed E-state index contributed by atoms with van der Waals surface area (Å²) in [4.78, 5) is 26.1. The Morgan fingerprint density at radius 2 is 1.82 bits per heavy atom. The van der Waals surface area contributed by atoms with Crippen molar-refractivity contribution in [1.82, 2.24) is 5.32 Å². The minimum atomic E-state index is -4.44. The molecule has 3 rings (SSSR count). The standard InChI is InChI=1S/C19H18F3N3O3/c1-23-18(27)16-10-25(14-4-2-3-5-15(14)28-16)11-17(26)24-13-8-6-12(7-9-13)19(20,21)22/h2-9,16H,10-11H2,1H3,(H,23,27)(H,24,26)/t16-/m0/s1. The summed E-state index contributed by atoms with van der Waals surface area (Å²) in [7, 11) is 1.49. The Morgan fingerprint density at radius 3 is 2.46 bits per heavy atom. The van der Waals surface area contributed by atoms with Crippen molar-refractivity contribution in [2.45, 2.75) is 12.3 Å². The van der Waals surface area contributed by atoms with E-state index in [1.54, 1.807) is 29.2 Å². The van der Waals surface area contributed by atoms with Gasteiger partial charge in [-0.05, 0) is 36.4 Å². The minimum absolute atomic E-state index is 0.0884. The maximum absolute atomic E-state index is 12.6. The van der Waals surface area contributed by atoms with E-state index in [-0.39, 0.29) is 24.7 Å². The number of fused-ring (bicyclic) bond motifs is 1. The third-order valence-electron chi connectivity index (χ3n) is 4.23. The average Bonchev–Trinajstić information content (AvgIpc) is 2.67. The van der Waals surface area contributed by atoms with Crippen LogP contribution in [0.1, 0.15) is 5.56 Å². The number of alkyl halides is 3. The predicted octanol–water partition coefficient (Wildman–Crippen LogP) is 2.66. The molecule has 0 aliphatic carbocycles. The Balaban J connectivity index is 1.71. The van der Waals surface area contributed by atoms with Gasteiger partial charge in [-0.1, -0.05) is 12.1 Å². The molecule has 1 atom stereocenters. The van der Waals surface area contributed by atoms with Gasteiger partial charge in [0.05, 0.1) is 24.3 Å². The molecule has 0 saturated carbocycles. The molecule has 0 aromatic heterocycles. The van der Waals surface area contributed by atoms with Gasteiger partial charge in [0.25, 0.3) is 5.91 Å². The molecular weight excluding hydrogens is 375 g/mol. The lowest BCUT2D eigenvalue weighted by atomic mass is 10.1. The van der Waals surface area contributed by atoms with Crippen LogP contribution in [0.4, 0.5) is 24.5 Å². The molecule has 0 spiro atoms. The quantitative estimate of drug-likeness (QED) is 0.838. The van der Waals surface area contributed by atoms with Gasteiger partial charge in [0.2, 0.25) is 5.91 Å². The van der Waals surface area contributed by atoms with Crippen molar-refractivity contribution in [3.05, 3.63) is 54.1 Å². The number of para-hydroxylation sites is 2. The first kappa shape index (κ1) is 19.5. The van der Waals surface area contributed by atoms with Crippen LogP contribution in [0.25, 0.3) is 0 Å². The third-order valence-corrected chi connectivity index (χ3v) is 4.23. The smallest absolute Gasteiger partial charge is 0.416 e. The molecular formula is C19H18F3N3O3. The highest BCUT2D eigenvalue weighted by atomic mass is 19.4. The van der Waals surface area contributed by atoms with Gasteiger partial charge in [0.1, 0.15) is 5.75 Å². The van der Waals surface area contributed by atoms with E-state index >= 15 is 0 Å². The summed E-state index contributed by atoms with van der Waals surface area (Å²) in [5.74, 6) is -0.264. The average molecular weight is 393 g/mol. The molecule has 1 aliphatic rings. The molecule has 0 radical (unpaired) electrons. The highest BCUT2D eigenvalue weighted by molar-refractivity contribution is 5.95. The number of carbonyl (C=O) groups excluding carboxylic acids is 2. The molecule has 6 nitrogen and oxygen atoms in total. The predicted molar refractivity (Wildman–Crippen MR) is 97.2 cm³/mol. The zero-order chi connectivity index (χ0) is 20.3. The van der Waals surface area contributed by atoms with E-state index in [1.165, 1.54) is 19.2 Å². The molecule has 0 unspecified atom stereocenters. The summed E-state index contributed by atoms with van der Waals surface area (Å²) >= 11 is 0. The first-order valence-corrected chi connectivity index (χ1v) is 8.47. The summed E-state index contributed by atoms with van der Waals surface area (Å²) in [6.07, 6.45) is -5.21. The molecule has 0 fully saturated rings. The van der Waals surface area contributed by atoms with E-state index < -0.39 is 23.8 Å². The van der Waals surface area contributed by atoms with Gasteiger partial charge in [-0.15, -0.1) is 0 Å². The van der Waals surface area contributed by atoms with Crippen molar-refractivity contribution in [3.8, 4) is 5.75 Å². The van der Waals surface area contributed by atoms with Gasteiger partial charge in [-0.2, -0.15) is 13.2 Å². The van der Waals surface area contributed by atoms with Gasteiger partial charge in [0.15, 0.2) is 6.10 Å². The van der Waals surface area contributed by atoms with E-state index in [0.717, 1.165) is 12.1 Å². The fraction of sp³-hybridized carbons (Fsp3) is 0.263. The van der Waals surface area contributed by atoms with E-state index in [0.29, 0.717) is 11.4 Å². The molecule has 2 aromatic rings. The van der Waals surface area contributed by atoms with Crippen molar-refractivity contribution in [2.24, 2.45) is 0 Å². The van der Waals surface area contributed by atoms with Crippen LogP contribution in [0.15, 0.2) is 48.5 Å². The Labute approximate surface area is 159 Å². The van der Waals surface area contributed by atoms with Crippen molar-refractivity contribution < 1.29 is 27.5 Å². The van der Waals surface area contributed by atoms with Crippen LogP contribution in [-0.2, 0) is 15.8 Å². The normalized spacial score (nSPS) is 16.0. The van der Waals surface area contributed by atoms with Crippen molar-refractivity contribution in [1.29, 1.82) is 0 Å². The van der Waals surface area contributed by atoms with Gasteiger partial charge in [0, 0.05) is 12.7 Å². The largest absolute Gasteiger partial charge is 0.477 e. The van der Waals surface area contributed by atoms with Gasteiger partial charge in [-0.3, -0.25) is 9.59 Å². The monoisotopic (exact) mass is 393 g/mol. The molecule has 0 saturated heterocycles. The molecule has 2 aromatic carbocycles. The van der Waals surface area contributed by atoms with E-state index in [2.05, 4.69) is 10.6 Å². The molecule has 2 N–H and O–H groups in total. The lowest BCUT2D eigenvalue weighted by Gasteiger charge is -2.35. The van der Waals surface area contributed by atoms with Crippen LogP contribution in [0.5, 0.6) is 5.75 Å². The summed E-state index contributed by atoms with van der Waals surface area (Å²) in [5.41, 5.74) is 0.119. The number of hydrogen-bond acceptors (Lipinski definition) is 4. The second-order valence-corrected chi connectivity index (χ2v) is 6.19. The number of anilines is 2. The van der Waals surface area contributed by atoms with Gasteiger partial charge in [-0.25, -0.2) is 0 Å². The first-order chi connectivity index (χ1) is 13.3. The summed E-state index contributed by atoms with van der Waals surface area (Å²) in [6, 6.07) is 11.2. The number of halogens is 3. The van der Waals surface area contributed by atoms with Crippen LogP contribution >= 0.6 is 0 Å². The molecule has 1 heterocycles. The Hall–Kier alpha value is -3.23. The van der Waals surface area contributed by atoms with Crippen LogP contribution in [-0.4, -0.2) is 38.1 Å². The fourth-order valence-electron chi connectivity index (χ4n) is 2.87.